The van der Waals surface area contributed by atoms with Crippen LogP contribution < -0.4 is 0 Å². The summed E-state index contributed by atoms with van der Waals surface area (Å²) in [6.07, 6.45) is -25.2. The van der Waals surface area contributed by atoms with Gasteiger partial charge in [-0.2, -0.15) is 0 Å². The van der Waals surface area contributed by atoms with Crippen molar-refractivity contribution in [3.63, 3.8) is 0 Å². The van der Waals surface area contributed by atoms with Crippen LogP contribution >= 0.6 is 0 Å². The zero-order valence-electron chi connectivity index (χ0n) is 16.9. The van der Waals surface area contributed by atoms with E-state index in [0.717, 1.165) is 0 Å². The highest BCUT2D eigenvalue weighted by atomic mass is 16.8. The highest BCUT2D eigenvalue weighted by Crippen LogP contribution is 2.31. The molecule has 33 heavy (non-hydrogen) atoms. The molecule has 3 aliphatic heterocycles. The second-order valence-corrected chi connectivity index (χ2v) is 7.93. The first-order chi connectivity index (χ1) is 15.5. The molecule has 3 rings (SSSR count). The Balaban J connectivity index is 1.77. The molecule has 3 fully saturated rings. The molecule has 192 valence electrons. The summed E-state index contributed by atoms with van der Waals surface area (Å²) in [4.78, 5) is 11.6. The molecule has 0 amide bonds. The van der Waals surface area contributed by atoms with Crippen molar-refractivity contribution in [3.05, 3.63) is 0 Å². The number of hydrogen-bond acceptors (Lipinski definition) is 15. The first kappa shape index (κ1) is 26.5. The van der Waals surface area contributed by atoms with E-state index in [1.807, 2.05) is 0 Å². The average molecular weight is 488 g/mol. The molecule has 3 saturated heterocycles. The molecule has 16 nitrogen and oxygen atoms in total. The minimum atomic E-state index is -2.11. The lowest BCUT2D eigenvalue weighted by atomic mass is 9.96. The number of rotatable bonds is 6. The number of aliphatic carboxylic acids is 1. The van der Waals surface area contributed by atoms with Crippen molar-refractivity contribution in [2.24, 2.45) is 0 Å². The number of carbonyl (C=O) groups is 1. The molecule has 0 bridgehead atoms. The van der Waals surface area contributed by atoms with E-state index < -0.39 is 105 Å². The van der Waals surface area contributed by atoms with Crippen LogP contribution in [0.25, 0.3) is 0 Å². The fourth-order valence-electron chi connectivity index (χ4n) is 3.73. The minimum absolute atomic E-state index is 0.488. The van der Waals surface area contributed by atoms with Gasteiger partial charge >= 0.3 is 5.97 Å². The van der Waals surface area contributed by atoms with Crippen LogP contribution in [0.5, 0.6) is 0 Å². The summed E-state index contributed by atoms with van der Waals surface area (Å²) in [5.41, 5.74) is 0. The van der Waals surface area contributed by atoms with Gasteiger partial charge in [0.2, 0.25) is 0 Å². The molecular weight excluding hydrogens is 460 g/mol. The van der Waals surface area contributed by atoms with E-state index >= 15 is 0 Å². The van der Waals surface area contributed by atoms with Gasteiger partial charge in [0.15, 0.2) is 25.0 Å². The lowest BCUT2D eigenvalue weighted by molar-refractivity contribution is -0.374. The zero-order valence-corrected chi connectivity index (χ0v) is 16.9. The van der Waals surface area contributed by atoms with E-state index in [1.165, 1.54) is 0 Å². The third-order valence-corrected chi connectivity index (χ3v) is 5.67. The predicted molar refractivity (Wildman–Crippen MR) is 95.8 cm³/mol. The van der Waals surface area contributed by atoms with Crippen molar-refractivity contribution >= 4 is 5.97 Å². The Morgan fingerprint density at radius 1 is 0.758 bits per heavy atom. The fourth-order valence-corrected chi connectivity index (χ4v) is 3.73. The lowest BCUT2D eigenvalue weighted by Gasteiger charge is -2.46. The quantitative estimate of drug-likeness (QED) is 0.166. The highest BCUT2D eigenvalue weighted by Gasteiger charge is 2.54. The summed E-state index contributed by atoms with van der Waals surface area (Å²) in [7, 11) is 0. The largest absolute Gasteiger partial charge is 0.479 e. The van der Waals surface area contributed by atoms with Crippen LogP contribution in [0.4, 0.5) is 0 Å². The van der Waals surface area contributed by atoms with Crippen molar-refractivity contribution in [2.45, 2.75) is 86.0 Å². The molecule has 16 heteroatoms. The monoisotopic (exact) mass is 488 g/mol. The third-order valence-electron chi connectivity index (χ3n) is 5.67. The number of aliphatic hydroxyl groups excluding tert-OH is 9. The molecule has 0 aliphatic carbocycles. The first-order valence-corrected chi connectivity index (χ1v) is 9.99. The maximum absolute atomic E-state index is 11.6. The average Bonchev–Trinajstić information content (AvgIpc) is 2.77. The van der Waals surface area contributed by atoms with Gasteiger partial charge in [0, 0.05) is 0 Å². The topological polar surface area (TPSA) is 266 Å². The van der Waals surface area contributed by atoms with Crippen LogP contribution in [0.2, 0.25) is 0 Å². The van der Waals surface area contributed by atoms with Crippen LogP contribution in [0.15, 0.2) is 0 Å². The molecule has 3 aliphatic rings. The molecule has 3 heterocycles. The number of carboxylic acids is 1. The Morgan fingerprint density at radius 3 is 1.97 bits per heavy atom. The van der Waals surface area contributed by atoms with E-state index in [-0.39, 0.29) is 0 Å². The predicted octanol–water partition coefficient (Wildman–Crippen LogP) is -6.84. The summed E-state index contributed by atoms with van der Waals surface area (Å²) in [5, 5.41) is 98.7. The second-order valence-electron chi connectivity index (χ2n) is 7.93. The third kappa shape index (κ3) is 5.29. The van der Waals surface area contributed by atoms with Gasteiger partial charge in [-0.1, -0.05) is 0 Å². The Hall–Kier alpha value is -1.09. The number of carboxylic acid groups (broad SMARTS) is 1. The molecule has 0 aromatic carbocycles. The van der Waals surface area contributed by atoms with Crippen LogP contribution in [0.3, 0.4) is 0 Å². The van der Waals surface area contributed by atoms with Gasteiger partial charge in [-0.25, -0.2) is 4.79 Å². The Labute approximate surface area is 185 Å². The van der Waals surface area contributed by atoms with Crippen LogP contribution in [-0.4, -0.2) is 156 Å². The van der Waals surface area contributed by atoms with Crippen molar-refractivity contribution in [3.8, 4) is 0 Å². The van der Waals surface area contributed by atoms with E-state index in [2.05, 4.69) is 0 Å². The van der Waals surface area contributed by atoms with Gasteiger partial charge in [0.25, 0.3) is 0 Å². The summed E-state index contributed by atoms with van der Waals surface area (Å²) in [6, 6.07) is 0. The molecule has 14 atom stereocenters. The number of hydrogen-bond donors (Lipinski definition) is 10. The smallest absolute Gasteiger partial charge is 0.335 e. The zero-order chi connectivity index (χ0) is 24.6. The van der Waals surface area contributed by atoms with Crippen molar-refractivity contribution in [1.29, 1.82) is 0 Å². The Kier molecular flexibility index (Phi) is 8.57. The van der Waals surface area contributed by atoms with Gasteiger partial charge < -0.3 is 74.7 Å². The van der Waals surface area contributed by atoms with Gasteiger partial charge in [0.05, 0.1) is 13.2 Å². The maximum atomic E-state index is 11.6. The Bertz CT molecular complexity index is 663. The SMILES string of the molecule is O=C(O)[C@H]1O[C@@H](O)[C@H](O[C@@H]2O[C@H](CO)[C@@H](O)[C@H](O)[C@H]2O)[C@@H](O)[C@@H]1O[C@@H]1OC[C@@H](O)[C@H](O)[C@H]1O. The normalized spacial score (nSPS) is 51.3. The van der Waals surface area contributed by atoms with Crippen molar-refractivity contribution < 1.29 is 79.5 Å². The summed E-state index contributed by atoms with van der Waals surface area (Å²) < 4.78 is 25.7. The minimum Gasteiger partial charge on any atom is -0.479 e. The highest BCUT2D eigenvalue weighted by molar-refractivity contribution is 5.73. The number of aliphatic hydroxyl groups is 9. The van der Waals surface area contributed by atoms with E-state index in [1.54, 1.807) is 0 Å². The van der Waals surface area contributed by atoms with Crippen molar-refractivity contribution in [1.82, 2.24) is 0 Å². The van der Waals surface area contributed by atoms with Gasteiger partial charge in [-0.05, 0) is 0 Å². The van der Waals surface area contributed by atoms with Crippen LogP contribution in [0, 0.1) is 0 Å². The van der Waals surface area contributed by atoms with E-state index in [4.69, 9.17) is 23.7 Å². The van der Waals surface area contributed by atoms with E-state index in [9.17, 15) is 55.9 Å². The molecule has 0 aromatic rings. The molecule has 10 N–H and O–H groups in total. The maximum Gasteiger partial charge on any atom is 0.335 e. The second kappa shape index (κ2) is 10.7. The van der Waals surface area contributed by atoms with Crippen molar-refractivity contribution in [2.75, 3.05) is 13.2 Å². The standard InChI is InChI=1S/C17H28O16/c18-1-4-6(21)7(22)9(24)17(30-4)33-12-10(25)11(13(14(26)27)31-15(12)28)32-16-8(23)5(20)3(19)2-29-16/h3-13,15-25,28H,1-2H2,(H,26,27)/t3-,4-,5+,6-,7+,8-,9-,10+,11+,12-,13+,15-,16+,17+/m1/s1. The Morgan fingerprint density at radius 2 is 1.36 bits per heavy atom. The van der Waals surface area contributed by atoms with Gasteiger partial charge in [-0.15, -0.1) is 0 Å². The summed E-state index contributed by atoms with van der Waals surface area (Å²) in [6.45, 7) is -1.27. The molecule has 0 spiro atoms. The summed E-state index contributed by atoms with van der Waals surface area (Å²) >= 11 is 0. The molecule has 0 radical (unpaired) electrons. The summed E-state index contributed by atoms with van der Waals surface area (Å²) in [5.74, 6) is -1.68. The molecule has 0 saturated carbocycles. The van der Waals surface area contributed by atoms with Gasteiger partial charge in [0.1, 0.15) is 61.0 Å². The number of ether oxygens (including phenoxy) is 5. The first-order valence-electron chi connectivity index (χ1n) is 9.99. The van der Waals surface area contributed by atoms with E-state index in [0.29, 0.717) is 0 Å². The fraction of sp³-hybridized carbons (Fsp3) is 0.941. The lowest BCUT2D eigenvalue weighted by Crippen LogP contribution is -2.66. The molecule has 0 aromatic heterocycles. The van der Waals surface area contributed by atoms with Crippen LogP contribution in [-0.2, 0) is 28.5 Å². The molecule has 0 unspecified atom stereocenters. The van der Waals surface area contributed by atoms with Gasteiger partial charge in [-0.3, -0.25) is 0 Å². The molecular formula is C17H28O16. The van der Waals surface area contributed by atoms with Crippen LogP contribution in [0.1, 0.15) is 0 Å².